The maximum atomic E-state index is 13.2. The molecule has 1 fully saturated rings. The van der Waals surface area contributed by atoms with E-state index in [0.29, 0.717) is 24.2 Å². The normalized spacial score (nSPS) is 17.4. The predicted molar refractivity (Wildman–Crippen MR) is 145 cm³/mol. The molecule has 0 radical (unpaired) electrons. The van der Waals surface area contributed by atoms with Gasteiger partial charge in [-0.05, 0) is 66.3 Å². The summed E-state index contributed by atoms with van der Waals surface area (Å²) in [5.41, 5.74) is 6.60. The van der Waals surface area contributed by atoms with Crippen molar-refractivity contribution < 1.29 is 14.4 Å². The molecule has 2 aliphatic heterocycles. The molecule has 2 N–H and O–H groups in total. The van der Waals surface area contributed by atoms with E-state index in [9.17, 15) is 14.4 Å². The first-order valence-corrected chi connectivity index (χ1v) is 13.3. The fourth-order valence-electron chi connectivity index (χ4n) is 6.12. The molecule has 1 saturated carbocycles. The number of benzene rings is 2. The van der Waals surface area contributed by atoms with Gasteiger partial charge in [0.05, 0.1) is 12.0 Å². The predicted octanol–water partition coefficient (Wildman–Crippen LogP) is 3.51. The maximum absolute atomic E-state index is 13.2. The van der Waals surface area contributed by atoms with Crippen LogP contribution in [0.15, 0.2) is 54.6 Å². The quantitative estimate of drug-likeness (QED) is 0.530. The molecule has 8 nitrogen and oxygen atoms in total. The lowest BCUT2D eigenvalue weighted by Crippen LogP contribution is -2.56. The molecule has 8 heteroatoms. The lowest BCUT2D eigenvalue weighted by molar-refractivity contribution is -0.115. The van der Waals surface area contributed by atoms with E-state index in [0.717, 1.165) is 49.3 Å². The lowest BCUT2D eigenvalue weighted by Gasteiger charge is -2.53. The van der Waals surface area contributed by atoms with Crippen LogP contribution in [-0.2, 0) is 36.4 Å². The van der Waals surface area contributed by atoms with E-state index in [1.807, 2.05) is 36.4 Å². The highest BCUT2D eigenvalue weighted by Gasteiger charge is 2.48. The first-order valence-electron chi connectivity index (χ1n) is 13.3. The number of carbonyl (C=O) groups excluding carboxylic acids is 3. The van der Waals surface area contributed by atoms with Gasteiger partial charge in [-0.1, -0.05) is 24.3 Å². The summed E-state index contributed by atoms with van der Waals surface area (Å²) in [6, 6.07) is 17.9. The first kappa shape index (κ1) is 24.4. The van der Waals surface area contributed by atoms with Crippen LogP contribution in [0.25, 0.3) is 0 Å². The van der Waals surface area contributed by atoms with Crippen molar-refractivity contribution in [3.63, 3.8) is 0 Å². The number of fused-ring (bicyclic) bond motifs is 3. The summed E-state index contributed by atoms with van der Waals surface area (Å²) in [5.74, 6) is -0.0525. The van der Waals surface area contributed by atoms with E-state index < -0.39 is 0 Å². The van der Waals surface area contributed by atoms with Crippen LogP contribution in [0.1, 0.15) is 62.5 Å². The van der Waals surface area contributed by atoms with Gasteiger partial charge < -0.3 is 20.1 Å². The molecule has 3 amide bonds. The Bertz CT molecular complexity index is 1420. The molecule has 3 heterocycles. The number of carbonyl (C=O) groups is 3. The second-order valence-electron chi connectivity index (χ2n) is 10.9. The second kappa shape index (κ2) is 9.44. The van der Waals surface area contributed by atoms with Crippen LogP contribution in [-0.4, -0.2) is 52.7 Å². The number of nitrogens with zero attached hydrogens (tertiary/aromatic N) is 3. The minimum atomic E-state index is -0.0741. The number of aromatic nitrogens is 1. The highest BCUT2D eigenvalue weighted by molar-refractivity contribution is 5.99. The lowest BCUT2D eigenvalue weighted by atomic mass is 9.71. The Hall–Kier alpha value is -3.91. The first-order chi connectivity index (χ1) is 18.3. The molecule has 196 valence electrons. The fourth-order valence-corrected chi connectivity index (χ4v) is 6.12. The molecular formula is C30H33N5O3. The second-order valence-corrected chi connectivity index (χ2v) is 10.9. The highest BCUT2D eigenvalue weighted by atomic mass is 16.2. The van der Waals surface area contributed by atoms with Gasteiger partial charge in [0.1, 0.15) is 5.69 Å². The molecule has 3 aromatic rings. The van der Waals surface area contributed by atoms with E-state index in [2.05, 4.69) is 38.3 Å². The van der Waals surface area contributed by atoms with Crippen LogP contribution in [0.4, 0.5) is 5.69 Å². The van der Waals surface area contributed by atoms with Gasteiger partial charge in [-0.2, -0.15) is 0 Å². The topological polar surface area (TPSA) is 86.7 Å². The van der Waals surface area contributed by atoms with Gasteiger partial charge in [0.2, 0.25) is 5.91 Å². The molecule has 38 heavy (non-hydrogen) atoms. The standard InChI is InChI=1S/C30H33N5O3/c1-33(2)29(38)22-7-4-20(5-8-22)19-34-14-15-35-25(10-11-26(35)30(34)12-3-13-30)28(37)31-18-21-6-9-24-23(16-21)17-27(36)32-24/h4-11,16H,3,12-15,17-19H2,1-2H3,(H,31,37)(H,32,36). The Kier molecular flexibility index (Phi) is 6.07. The van der Waals surface area contributed by atoms with Crippen molar-refractivity contribution in [2.24, 2.45) is 0 Å². The number of anilines is 1. The third-order valence-corrected chi connectivity index (χ3v) is 8.30. The minimum absolute atomic E-state index is 0.0106. The Morgan fingerprint density at radius 3 is 2.47 bits per heavy atom. The zero-order valence-corrected chi connectivity index (χ0v) is 21.9. The van der Waals surface area contributed by atoms with E-state index in [4.69, 9.17) is 0 Å². The van der Waals surface area contributed by atoms with Crippen LogP contribution in [0.3, 0.4) is 0 Å². The number of hydrogen-bond donors (Lipinski definition) is 2. The fraction of sp³-hybridized carbons (Fsp3) is 0.367. The SMILES string of the molecule is CN(C)C(=O)c1ccc(CN2CCn3c(C(=O)NCc4ccc5c(c4)CC(=O)N5)ccc3C23CCC3)cc1. The highest BCUT2D eigenvalue weighted by Crippen LogP contribution is 2.49. The Labute approximate surface area is 222 Å². The summed E-state index contributed by atoms with van der Waals surface area (Å²) in [5, 5.41) is 5.93. The van der Waals surface area contributed by atoms with Crippen LogP contribution < -0.4 is 10.6 Å². The molecular weight excluding hydrogens is 478 g/mol. The van der Waals surface area contributed by atoms with E-state index in [-0.39, 0.29) is 23.3 Å². The van der Waals surface area contributed by atoms with Gasteiger partial charge in [-0.25, -0.2) is 0 Å². The molecule has 6 rings (SSSR count). The minimum Gasteiger partial charge on any atom is -0.347 e. The van der Waals surface area contributed by atoms with Gasteiger partial charge in [-0.15, -0.1) is 0 Å². The average molecular weight is 512 g/mol. The van der Waals surface area contributed by atoms with E-state index in [1.54, 1.807) is 19.0 Å². The molecule has 0 bridgehead atoms. The van der Waals surface area contributed by atoms with E-state index in [1.165, 1.54) is 17.7 Å². The van der Waals surface area contributed by atoms with Crippen molar-refractivity contribution in [1.82, 2.24) is 19.7 Å². The monoisotopic (exact) mass is 511 g/mol. The Morgan fingerprint density at radius 1 is 1.00 bits per heavy atom. The van der Waals surface area contributed by atoms with Crippen molar-refractivity contribution >= 4 is 23.4 Å². The zero-order chi connectivity index (χ0) is 26.4. The molecule has 1 aromatic heterocycles. The van der Waals surface area contributed by atoms with Gasteiger partial charge in [0.25, 0.3) is 11.8 Å². The Morgan fingerprint density at radius 2 is 1.76 bits per heavy atom. The summed E-state index contributed by atoms with van der Waals surface area (Å²) < 4.78 is 2.20. The van der Waals surface area contributed by atoms with Crippen LogP contribution in [0.2, 0.25) is 0 Å². The van der Waals surface area contributed by atoms with Crippen LogP contribution in [0.5, 0.6) is 0 Å². The molecule has 0 saturated heterocycles. The van der Waals surface area contributed by atoms with Gasteiger partial charge in [0, 0.05) is 57.2 Å². The number of hydrogen-bond acceptors (Lipinski definition) is 4. The summed E-state index contributed by atoms with van der Waals surface area (Å²) in [7, 11) is 3.53. The number of amides is 3. The zero-order valence-electron chi connectivity index (χ0n) is 21.9. The van der Waals surface area contributed by atoms with Gasteiger partial charge in [-0.3, -0.25) is 19.3 Å². The molecule has 0 unspecified atom stereocenters. The van der Waals surface area contributed by atoms with Crippen molar-refractivity contribution in [1.29, 1.82) is 0 Å². The number of nitrogens with one attached hydrogen (secondary N) is 2. The largest absolute Gasteiger partial charge is 0.347 e. The Balaban J connectivity index is 1.15. The third kappa shape index (κ3) is 4.19. The summed E-state index contributed by atoms with van der Waals surface area (Å²) in [6.45, 7) is 2.87. The van der Waals surface area contributed by atoms with Crippen molar-refractivity contribution in [3.8, 4) is 0 Å². The van der Waals surface area contributed by atoms with Crippen molar-refractivity contribution in [3.05, 3.63) is 88.2 Å². The summed E-state index contributed by atoms with van der Waals surface area (Å²) in [6.07, 6.45) is 3.73. The summed E-state index contributed by atoms with van der Waals surface area (Å²) >= 11 is 0. The molecule has 3 aliphatic rings. The van der Waals surface area contributed by atoms with E-state index >= 15 is 0 Å². The molecule has 0 atom stereocenters. The smallest absolute Gasteiger partial charge is 0.268 e. The number of rotatable bonds is 6. The van der Waals surface area contributed by atoms with Crippen LogP contribution in [0, 0.1) is 0 Å². The third-order valence-electron chi connectivity index (χ3n) is 8.30. The average Bonchev–Trinajstić information content (AvgIpc) is 3.48. The van der Waals surface area contributed by atoms with Crippen molar-refractivity contribution in [2.45, 2.75) is 50.9 Å². The molecule has 1 spiro atoms. The van der Waals surface area contributed by atoms with Crippen LogP contribution >= 0.6 is 0 Å². The van der Waals surface area contributed by atoms with Gasteiger partial charge >= 0.3 is 0 Å². The molecule has 2 aromatic carbocycles. The maximum Gasteiger partial charge on any atom is 0.268 e. The van der Waals surface area contributed by atoms with Crippen molar-refractivity contribution in [2.75, 3.05) is 26.0 Å². The molecule has 1 aliphatic carbocycles. The summed E-state index contributed by atoms with van der Waals surface area (Å²) in [4.78, 5) is 41.2. The van der Waals surface area contributed by atoms with Gasteiger partial charge in [0.15, 0.2) is 0 Å².